The third-order valence-corrected chi connectivity index (χ3v) is 3.71. The summed E-state index contributed by atoms with van der Waals surface area (Å²) in [5.41, 5.74) is 1.68. The zero-order chi connectivity index (χ0) is 20.4. The van der Waals surface area contributed by atoms with Gasteiger partial charge in [0.1, 0.15) is 30.6 Å². The first-order valence-corrected chi connectivity index (χ1v) is 8.86. The van der Waals surface area contributed by atoms with Crippen LogP contribution in [0, 0.1) is 18.3 Å². The van der Waals surface area contributed by atoms with E-state index < -0.39 is 5.97 Å². The van der Waals surface area contributed by atoms with E-state index in [9.17, 15) is 4.79 Å². The Morgan fingerprint density at radius 3 is 2.57 bits per heavy atom. The summed E-state index contributed by atoms with van der Waals surface area (Å²) in [5.74, 6) is 1.17. The fraction of sp³-hybridized carbons (Fsp3) is 0.273. The van der Waals surface area contributed by atoms with E-state index in [1.807, 2.05) is 37.3 Å². The molecule has 146 valence electrons. The topological polar surface area (TPSA) is 77.8 Å². The molecule has 6 nitrogen and oxygen atoms in total. The third-order valence-electron chi connectivity index (χ3n) is 3.71. The predicted octanol–water partition coefficient (Wildman–Crippen LogP) is 3.93. The number of carbonyl (C=O) groups is 1. The molecule has 2 aromatic rings. The molecule has 0 aliphatic heterocycles. The second-order valence-corrected chi connectivity index (χ2v) is 5.81. The van der Waals surface area contributed by atoms with Gasteiger partial charge in [-0.3, -0.25) is 0 Å². The summed E-state index contributed by atoms with van der Waals surface area (Å²) in [6.07, 6.45) is 1.45. The Bertz CT molecular complexity index is 883. The maximum absolute atomic E-state index is 11.7. The van der Waals surface area contributed by atoms with Crippen molar-refractivity contribution in [3.05, 3.63) is 59.2 Å². The molecular weight excluding hydrogens is 358 g/mol. The van der Waals surface area contributed by atoms with Gasteiger partial charge < -0.3 is 18.9 Å². The van der Waals surface area contributed by atoms with Crippen molar-refractivity contribution in [2.75, 3.05) is 26.9 Å². The maximum atomic E-state index is 11.7. The van der Waals surface area contributed by atoms with E-state index in [4.69, 9.17) is 24.2 Å². The van der Waals surface area contributed by atoms with Crippen LogP contribution < -0.4 is 14.2 Å². The Morgan fingerprint density at radius 2 is 1.89 bits per heavy atom. The zero-order valence-corrected chi connectivity index (χ0v) is 16.2. The number of methoxy groups -OCH3 is 1. The molecule has 0 radical (unpaired) electrons. The van der Waals surface area contributed by atoms with E-state index in [1.165, 1.54) is 13.2 Å². The highest BCUT2D eigenvalue weighted by molar-refractivity contribution is 5.97. The van der Waals surface area contributed by atoms with E-state index in [1.54, 1.807) is 25.1 Å². The average molecular weight is 381 g/mol. The molecule has 28 heavy (non-hydrogen) atoms. The number of nitrogens with zero attached hydrogens (tertiary/aromatic N) is 1. The Balaban J connectivity index is 2.00. The van der Waals surface area contributed by atoms with Gasteiger partial charge in [-0.15, -0.1) is 0 Å². The van der Waals surface area contributed by atoms with Crippen LogP contribution in [0.15, 0.2) is 48.0 Å². The summed E-state index contributed by atoms with van der Waals surface area (Å²) < 4.78 is 21.6. The van der Waals surface area contributed by atoms with Crippen molar-refractivity contribution in [2.45, 2.75) is 13.8 Å². The van der Waals surface area contributed by atoms with Crippen LogP contribution in [-0.4, -0.2) is 32.9 Å². The fourth-order valence-electron chi connectivity index (χ4n) is 2.42. The number of carbonyl (C=O) groups excluding carboxylic acids is 1. The Morgan fingerprint density at radius 1 is 1.11 bits per heavy atom. The minimum atomic E-state index is -0.655. The summed E-state index contributed by atoms with van der Waals surface area (Å²) >= 11 is 0. The van der Waals surface area contributed by atoms with E-state index in [2.05, 4.69) is 0 Å². The normalized spacial score (nSPS) is 10.7. The largest absolute Gasteiger partial charge is 0.493 e. The molecule has 0 aliphatic rings. The number of aryl methyl sites for hydroxylation is 1. The molecule has 0 fully saturated rings. The fourth-order valence-corrected chi connectivity index (χ4v) is 2.42. The van der Waals surface area contributed by atoms with Crippen molar-refractivity contribution in [1.29, 1.82) is 5.26 Å². The second-order valence-electron chi connectivity index (χ2n) is 5.81. The number of ether oxygens (including phenoxy) is 4. The van der Waals surface area contributed by atoms with Crippen molar-refractivity contribution >= 4 is 12.0 Å². The Labute approximate surface area is 164 Å². The van der Waals surface area contributed by atoms with Gasteiger partial charge in [-0.1, -0.05) is 18.2 Å². The van der Waals surface area contributed by atoms with Crippen molar-refractivity contribution in [1.82, 2.24) is 0 Å². The lowest BCUT2D eigenvalue weighted by molar-refractivity contribution is -0.137. The first kappa shape index (κ1) is 20.8. The van der Waals surface area contributed by atoms with Crippen molar-refractivity contribution in [3.63, 3.8) is 0 Å². The molecule has 0 spiro atoms. The van der Waals surface area contributed by atoms with Gasteiger partial charge >= 0.3 is 5.97 Å². The minimum absolute atomic E-state index is 0.0795. The predicted molar refractivity (Wildman–Crippen MR) is 105 cm³/mol. The number of rotatable bonds is 9. The summed E-state index contributed by atoms with van der Waals surface area (Å²) in [6.45, 7) is 4.62. The molecular formula is C22H23NO5. The molecule has 0 atom stereocenters. The van der Waals surface area contributed by atoms with Crippen LogP contribution >= 0.6 is 0 Å². The smallest absolute Gasteiger partial charge is 0.348 e. The second kappa shape index (κ2) is 10.6. The molecule has 0 amide bonds. The summed E-state index contributed by atoms with van der Waals surface area (Å²) in [6, 6.07) is 14.8. The SMILES string of the molecule is CCOC(=O)C(C#N)=Cc1ccc(OCCOc2cccc(C)c2)c(OC)c1. The highest BCUT2D eigenvalue weighted by atomic mass is 16.5. The van der Waals surface area contributed by atoms with Gasteiger partial charge in [-0.05, 0) is 55.3 Å². The van der Waals surface area contributed by atoms with Gasteiger partial charge in [0.25, 0.3) is 0 Å². The number of hydrogen-bond donors (Lipinski definition) is 0. The average Bonchev–Trinajstić information content (AvgIpc) is 2.70. The van der Waals surface area contributed by atoms with Gasteiger partial charge in [0.2, 0.25) is 0 Å². The molecule has 0 aliphatic carbocycles. The van der Waals surface area contributed by atoms with Crippen LogP contribution in [0.1, 0.15) is 18.1 Å². The monoisotopic (exact) mass is 381 g/mol. The van der Waals surface area contributed by atoms with Crippen LogP contribution in [0.25, 0.3) is 6.08 Å². The van der Waals surface area contributed by atoms with E-state index >= 15 is 0 Å². The van der Waals surface area contributed by atoms with E-state index in [-0.39, 0.29) is 12.2 Å². The number of hydrogen-bond acceptors (Lipinski definition) is 6. The Hall–Kier alpha value is -3.46. The van der Waals surface area contributed by atoms with Crippen molar-refractivity contribution in [3.8, 4) is 23.3 Å². The number of esters is 1. The lowest BCUT2D eigenvalue weighted by atomic mass is 10.1. The van der Waals surface area contributed by atoms with E-state index in [0.717, 1.165) is 11.3 Å². The quantitative estimate of drug-likeness (QED) is 0.283. The number of benzene rings is 2. The van der Waals surface area contributed by atoms with Crippen LogP contribution in [0.2, 0.25) is 0 Å². The molecule has 0 N–H and O–H groups in total. The summed E-state index contributed by atoms with van der Waals surface area (Å²) in [4.78, 5) is 11.7. The van der Waals surface area contributed by atoms with Gasteiger partial charge in [-0.25, -0.2) is 4.79 Å². The van der Waals surface area contributed by atoms with E-state index in [0.29, 0.717) is 30.3 Å². The molecule has 0 bridgehead atoms. The maximum Gasteiger partial charge on any atom is 0.348 e. The third kappa shape index (κ3) is 6.06. The molecule has 2 aromatic carbocycles. The molecule has 6 heteroatoms. The van der Waals surface area contributed by atoms with Crippen LogP contribution in [-0.2, 0) is 9.53 Å². The van der Waals surface area contributed by atoms with Gasteiger partial charge in [0.05, 0.1) is 13.7 Å². The highest BCUT2D eigenvalue weighted by Gasteiger charge is 2.11. The lowest BCUT2D eigenvalue weighted by Gasteiger charge is -2.12. The molecule has 0 saturated carbocycles. The first-order valence-electron chi connectivity index (χ1n) is 8.86. The minimum Gasteiger partial charge on any atom is -0.493 e. The first-order chi connectivity index (χ1) is 13.6. The highest BCUT2D eigenvalue weighted by Crippen LogP contribution is 2.29. The van der Waals surface area contributed by atoms with Gasteiger partial charge in [0.15, 0.2) is 11.5 Å². The summed E-state index contributed by atoms with van der Waals surface area (Å²) in [7, 11) is 1.52. The standard InChI is InChI=1S/C22H23NO5/c1-4-26-22(24)18(15-23)13-17-8-9-20(21(14-17)25-3)28-11-10-27-19-7-5-6-16(2)12-19/h5-9,12-14H,4,10-11H2,1-3H3. The van der Waals surface area contributed by atoms with Crippen molar-refractivity contribution in [2.24, 2.45) is 0 Å². The van der Waals surface area contributed by atoms with Crippen LogP contribution in [0.5, 0.6) is 17.2 Å². The molecule has 0 unspecified atom stereocenters. The van der Waals surface area contributed by atoms with Gasteiger partial charge in [0, 0.05) is 0 Å². The molecule has 0 saturated heterocycles. The lowest BCUT2D eigenvalue weighted by Crippen LogP contribution is -2.09. The van der Waals surface area contributed by atoms with Crippen LogP contribution in [0.4, 0.5) is 0 Å². The zero-order valence-electron chi connectivity index (χ0n) is 16.2. The van der Waals surface area contributed by atoms with Crippen molar-refractivity contribution < 1.29 is 23.7 Å². The molecule has 2 rings (SSSR count). The van der Waals surface area contributed by atoms with Crippen LogP contribution in [0.3, 0.4) is 0 Å². The Kier molecular flexibility index (Phi) is 7.92. The molecule has 0 heterocycles. The van der Waals surface area contributed by atoms with Gasteiger partial charge in [-0.2, -0.15) is 5.26 Å². The molecule has 0 aromatic heterocycles. The summed E-state index contributed by atoms with van der Waals surface area (Å²) in [5, 5.41) is 9.13. The number of nitriles is 1.